The first-order valence-electron chi connectivity index (χ1n) is 6.51. The van der Waals surface area contributed by atoms with Crippen molar-refractivity contribution in [1.82, 2.24) is 4.90 Å². The van der Waals surface area contributed by atoms with Crippen LogP contribution in [0.1, 0.15) is 36.0 Å². The number of carbonyl (C=O) groups is 1. The van der Waals surface area contributed by atoms with E-state index in [0.717, 1.165) is 19.3 Å². The largest absolute Gasteiger partial charge is 0.396 e. The number of amides is 1. The monoisotopic (exact) mass is 285 g/mol. The van der Waals surface area contributed by atoms with E-state index in [1.807, 2.05) is 0 Å². The summed E-state index contributed by atoms with van der Waals surface area (Å²) in [6.45, 7) is 0.473. The van der Waals surface area contributed by atoms with Crippen molar-refractivity contribution in [3.8, 4) is 0 Å². The maximum Gasteiger partial charge on any atom is 0.257 e. The standard InChI is InChI=1S/C14H17ClFNO2/c15-12-7-2-6-11(13(12)16)14(19)17(8-3-9-18)10-4-1-5-10/h2,6-7,10,18H,1,3-5,8-9H2. The van der Waals surface area contributed by atoms with Crippen LogP contribution in [0.25, 0.3) is 0 Å². The van der Waals surface area contributed by atoms with E-state index in [1.54, 1.807) is 11.0 Å². The lowest BCUT2D eigenvalue weighted by molar-refractivity contribution is 0.0558. The van der Waals surface area contributed by atoms with Gasteiger partial charge in [0.05, 0.1) is 10.6 Å². The Bertz CT molecular complexity index is 463. The van der Waals surface area contributed by atoms with E-state index >= 15 is 0 Å². The van der Waals surface area contributed by atoms with E-state index < -0.39 is 5.82 Å². The van der Waals surface area contributed by atoms with Crippen LogP contribution >= 0.6 is 11.6 Å². The maximum atomic E-state index is 13.9. The third-order valence-electron chi connectivity index (χ3n) is 3.52. The zero-order chi connectivity index (χ0) is 13.8. The molecular formula is C14H17ClFNO2. The average Bonchev–Trinajstić information content (AvgIpc) is 2.34. The number of aliphatic hydroxyl groups is 1. The molecule has 1 amide bonds. The molecule has 104 valence electrons. The van der Waals surface area contributed by atoms with Crippen LogP contribution in [0.3, 0.4) is 0 Å². The summed E-state index contributed by atoms with van der Waals surface area (Å²) in [7, 11) is 0. The predicted octanol–water partition coefficient (Wildman–Crippen LogP) is 2.86. The summed E-state index contributed by atoms with van der Waals surface area (Å²) in [5, 5.41) is 8.87. The molecule has 0 saturated heterocycles. The van der Waals surface area contributed by atoms with Crippen molar-refractivity contribution < 1.29 is 14.3 Å². The van der Waals surface area contributed by atoms with Crippen molar-refractivity contribution in [2.75, 3.05) is 13.2 Å². The molecule has 1 aromatic rings. The van der Waals surface area contributed by atoms with Crippen LogP contribution < -0.4 is 0 Å². The van der Waals surface area contributed by atoms with E-state index in [0.29, 0.717) is 13.0 Å². The second-order valence-corrected chi connectivity index (χ2v) is 5.17. The topological polar surface area (TPSA) is 40.5 Å². The zero-order valence-corrected chi connectivity index (χ0v) is 11.4. The predicted molar refractivity (Wildman–Crippen MR) is 71.8 cm³/mol. The number of halogens is 2. The summed E-state index contributed by atoms with van der Waals surface area (Å²) < 4.78 is 13.9. The molecule has 1 N–H and O–H groups in total. The fourth-order valence-corrected chi connectivity index (χ4v) is 2.39. The SMILES string of the molecule is O=C(c1cccc(Cl)c1F)N(CCCO)C1CCC1. The van der Waals surface area contributed by atoms with Gasteiger partial charge in [0.1, 0.15) is 0 Å². The lowest BCUT2D eigenvalue weighted by Gasteiger charge is -2.37. The summed E-state index contributed by atoms with van der Waals surface area (Å²) in [6, 6.07) is 4.62. The first kappa shape index (κ1) is 14.3. The van der Waals surface area contributed by atoms with Crippen LogP contribution in [0, 0.1) is 5.82 Å². The van der Waals surface area contributed by atoms with Gasteiger partial charge in [-0.05, 0) is 37.8 Å². The normalized spacial score (nSPS) is 15.1. The molecule has 0 heterocycles. The second-order valence-electron chi connectivity index (χ2n) is 4.76. The summed E-state index contributed by atoms with van der Waals surface area (Å²) in [5.74, 6) is -0.999. The number of benzene rings is 1. The van der Waals surface area contributed by atoms with Crippen LogP contribution in [0.5, 0.6) is 0 Å². The van der Waals surface area contributed by atoms with Gasteiger partial charge in [-0.2, -0.15) is 0 Å². The van der Waals surface area contributed by atoms with Crippen molar-refractivity contribution in [2.24, 2.45) is 0 Å². The summed E-state index contributed by atoms with van der Waals surface area (Å²) in [4.78, 5) is 14.1. The third-order valence-corrected chi connectivity index (χ3v) is 3.81. The van der Waals surface area contributed by atoms with Crippen molar-refractivity contribution >= 4 is 17.5 Å². The Morgan fingerprint density at radius 3 is 2.79 bits per heavy atom. The van der Waals surface area contributed by atoms with Crippen molar-refractivity contribution in [3.63, 3.8) is 0 Å². The van der Waals surface area contributed by atoms with E-state index in [9.17, 15) is 9.18 Å². The molecule has 2 rings (SSSR count). The molecule has 1 fully saturated rings. The number of nitrogens with zero attached hydrogens (tertiary/aromatic N) is 1. The van der Waals surface area contributed by atoms with Crippen LogP contribution in [0.15, 0.2) is 18.2 Å². The van der Waals surface area contributed by atoms with Crippen LogP contribution in [-0.4, -0.2) is 35.1 Å². The minimum Gasteiger partial charge on any atom is -0.396 e. The Labute approximate surface area is 117 Å². The fraction of sp³-hybridized carbons (Fsp3) is 0.500. The molecule has 0 spiro atoms. The number of hydrogen-bond acceptors (Lipinski definition) is 2. The van der Waals surface area contributed by atoms with Gasteiger partial charge in [-0.3, -0.25) is 4.79 Å². The van der Waals surface area contributed by atoms with Gasteiger partial charge in [-0.1, -0.05) is 17.7 Å². The second kappa shape index (κ2) is 6.35. The number of carbonyl (C=O) groups excluding carboxylic acids is 1. The molecule has 19 heavy (non-hydrogen) atoms. The molecule has 1 aliphatic carbocycles. The number of aliphatic hydroxyl groups excluding tert-OH is 1. The maximum absolute atomic E-state index is 13.9. The molecule has 0 aliphatic heterocycles. The molecule has 0 radical (unpaired) electrons. The van der Waals surface area contributed by atoms with Crippen molar-refractivity contribution in [3.05, 3.63) is 34.6 Å². The van der Waals surface area contributed by atoms with Gasteiger partial charge in [0.25, 0.3) is 5.91 Å². The first-order chi connectivity index (χ1) is 9.15. The van der Waals surface area contributed by atoms with E-state index in [2.05, 4.69) is 0 Å². The minimum atomic E-state index is -0.664. The van der Waals surface area contributed by atoms with Gasteiger partial charge in [-0.15, -0.1) is 0 Å². The molecule has 0 atom stereocenters. The van der Waals surface area contributed by atoms with Gasteiger partial charge < -0.3 is 10.0 Å². The number of hydrogen-bond donors (Lipinski definition) is 1. The quantitative estimate of drug-likeness (QED) is 0.904. The molecule has 1 aromatic carbocycles. The van der Waals surface area contributed by atoms with Gasteiger partial charge in [-0.25, -0.2) is 4.39 Å². The molecule has 1 aliphatic rings. The Hall–Kier alpha value is -1.13. The minimum absolute atomic E-state index is 0.0114. The summed E-state index contributed by atoms with van der Waals surface area (Å²) in [6.07, 6.45) is 3.48. The Balaban J connectivity index is 2.20. The van der Waals surface area contributed by atoms with Gasteiger partial charge in [0.2, 0.25) is 0 Å². The van der Waals surface area contributed by atoms with Gasteiger partial charge in [0.15, 0.2) is 5.82 Å². The van der Waals surface area contributed by atoms with E-state index in [1.165, 1.54) is 12.1 Å². The molecule has 5 heteroatoms. The van der Waals surface area contributed by atoms with Crippen molar-refractivity contribution in [1.29, 1.82) is 0 Å². The summed E-state index contributed by atoms with van der Waals surface area (Å²) in [5.41, 5.74) is 0.0114. The summed E-state index contributed by atoms with van der Waals surface area (Å²) >= 11 is 5.71. The van der Waals surface area contributed by atoms with E-state index in [4.69, 9.17) is 16.7 Å². The van der Waals surface area contributed by atoms with Crippen LogP contribution in [-0.2, 0) is 0 Å². The highest BCUT2D eigenvalue weighted by molar-refractivity contribution is 6.31. The highest BCUT2D eigenvalue weighted by Crippen LogP contribution is 2.28. The first-order valence-corrected chi connectivity index (χ1v) is 6.88. The molecule has 0 aromatic heterocycles. The van der Waals surface area contributed by atoms with Gasteiger partial charge >= 0.3 is 0 Å². The number of rotatable bonds is 5. The van der Waals surface area contributed by atoms with Crippen LogP contribution in [0.2, 0.25) is 5.02 Å². The zero-order valence-electron chi connectivity index (χ0n) is 10.6. The molecular weight excluding hydrogens is 269 g/mol. The molecule has 3 nitrogen and oxygen atoms in total. The molecule has 0 unspecified atom stereocenters. The van der Waals surface area contributed by atoms with Crippen LogP contribution in [0.4, 0.5) is 4.39 Å². The smallest absolute Gasteiger partial charge is 0.257 e. The van der Waals surface area contributed by atoms with Gasteiger partial charge in [0, 0.05) is 19.2 Å². The lowest BCUT2D eigenvalue weighted by Crippen LogP contribution is -2.45. The Morgan fingerprint density at radius 2 is 2.21 bits per heavy atom. The highest BCUT2D eigenvalue weighted by Gasteiger charge is 2.30. The lowest BCUT2D eigenvalue weighted by atomic mass is 9.90. The van der Waals surface area contributed by atoms with Crippen molar-refractivity contribution in [2.45, 2.75) is 31.7 Å². The van der Waals surface area contributed by atoms with E-state index in [-0.39, 0.29) is 29.1 Å². The molecule has 1 saturated carbocycles. The fourth-order valence-electron chi connectivity index (χ4n) is 2.21. The Kier molecular flexibility index (Phi) is 4.77. The molecule has 0 bridgehead atoms. The third kappa shape index (κ3) is 3.07. The highest BCUT2D eigenvalue weighted by atomic mass is 35.5. The average molecular weight is 286 g/mol. The Morgan fingerprint density at radius 1 is 1.47 bits per heavy atom.